The number of carbonyl (C=O) groups is 1. The van der Waals surface area contributed by atoms with Gasteiger partial charge in [0.25, 0.3) is 0 Å². The Bertz CT molecular complexity index is 759. The number of fused-ring (bicyclic) bond motifs is 1. The molecule has 26 heavy (non-hydrogen) atoms. The van der Waals surface area contributed by atoms with Crippen LogP contribution < -0.4 is 0 Å². The fraction of sp³-hybridized carbons (Fsp3) is 0.579. The van der Waals surface area contributed by atoms with E-state index >= 15 is 0 Å². The highest BCUT2D eigenvalue weighted by Crippen LogP contribution is 2.36. The predicted octanol–water partition coefficient (Wildman–Crippen LogP) is 4.81. The first-order valence-corrected chi connectivity index (χ1v) is 9.01. The molecule has 1 aromatic carbocycles. The van der Waals surface area contributed by atoms with E-state index in [0.29, 0.717) is 37.0 Å². The maximum atomic E-state index is 13.4. The Hall–Kier alpha value is -2.31. The third-order valence-electron chi connectivity index (χ3n) is 4.13. The van der Waals surface area contributed by atoms with E-state index in [-0.39, 0.29) is 17.6 Å². The molecule has 0 bridgehead atoms. The van der Waals surface area contributed by atoms with Crippen molar-refractivity contribution in [2.24, 2.45) is 0 Å². The van der Waals surface area contributed by atoms with Crippen LogP contribution in [0.15, 0.2) is 16.7 Å². The first kappa shape index (κ1) is 20.0. The zero-order valence-corrected chi connectivity index (χ0v) is 16.0. The van der Waals surface area contributed by atoms with Gasteiger partial charge in [-0.25, -0.2) is 9.18 Å². The zero-order valence-electron chi connectivity index (χ0n) is 16.0. The predicted molar refractivity (Wildman–Crippen MR) is 96.8 cm³/mol. The monoisotopic (exact) mass is 366 g/mol. The lowest BCUT2D eigenvalue weighted by Crippen LogP contribution is -2.41. The van der Waals surface area contributed by atoms with E-state index in [2.05, 4.69) is 5.16 Å². The smallest absolute Gasteiger partial charge is 0.410 e. The van der Waals surface area contributed by atoms with Gasteiger partial charge in [0.05, 0.1) is 5.69 Å². The third-order valence-corrected chi connectivity index (χ3v) is 4.13. The molecule has 1 saturated heterocycles. The van der Waals surface area contributed by atoms with Crippen LogP contribution in [0, 0.1) is 5.82 Å². The number of ether oxygens (including phenoxy) is 1. The van der Waals surface area contributed by atoms with Crippen molar-refractivity contribution in [2.75, 3.05) is 13.1 Å². The van der Waals surface area contributed by atoms with Crippen LogP contribution in [0.25, 0.3) is 11.0 Å². The summed E-state index contributed by atoms with van der Waals surface area (Å²) in [5.41, 5.74) is 0.251. The Morgan fingerprint density at radius 3 is 2.50 bits per heavy atom. The molecule has 6 nitrogen and oxygen atoms in total. The second-order valence-corrected chi connectivity index (χ2v) is 7.08. The minimum Gasteiger partial charge on any atom is -0.502 e. The first-order chi connectivity index (χ1) is 12.3. The number of nitrogens with zero attached hydrogens (tertiary/aromatic N) is 2. The van der Waals surface area contributed by atoms with Crippen molar-refractivity contribution in [1.29, 1.82) is 0 Å². The Kier molecular flexibility index (Phi) is 6.10. The van der Waals surface area contributed by atoms with Crippen LogP contribution in [-0.4, -0.2) is 39.9 Å². The Morgan fingerprint density at radius 1 is 1.31 bits per heavy atom. The number of amides is 1. The molecule has 2 heterocycles. The van der Waals surface area contributed by atoms with Gasteiger partial charge >= 0.3 is 6.09 Å². The van der Waals surface area contributed by atoms with Crippen molar-refractivity contribution in [1.82, 2.24) is 10.1 Å². The molecule has 0 radical (unpaired) electrons. The Balaban J connectivity index is 0.00000117. The maximum absolute atomic E-state index is 13.4. The van der Waals surface area contributed by atoms with Crippen LogP contribution in [0.3, 0.4) is 0 Å². The average molecular weight is 366 g/mol. The number of phenolic OH excluding ortho intramolecular Hbond substituents is 1. The molecule has 1 aliphatic heterocycles. The standard InChI is InChI=1S/C17H21FN2O4.C2H6/c1-17(2,3)23-16(22)20-8-6-10(7-9-20)13-11-4-5-12(18)14(21)15(11)24-19-13;1-2/h4-5,10,21H,6-9H2,1-3H3;1-2H3. The molecule has 0 aliphatic carbocycles. The van der Waals surface area contributed by atoms with E-state index in [1.807, 2.05) is 34.6 Å². The second kappa shape index (κ2) is 7.93. The van der Waals surface area contributed by atoms with Crippen molar-refractivity contribution >= 4 is 17.1 Å². The highest BCUT2D eigenvalue weighted by Gasteiger charge is 2.30. The van der Waals surface area contributed by atoms with Crippen molar-refractivity contribution < 1.29 is 23.6 Å². The third kappa shape index (κ3) is 4.26. The van der Waals surface area contributed by atoms with Gasteiger partial charge in [-0.15, -0.1) is 0 Å². The summed E-state index contributed by atoms with van der Waals surface area (Å²) in [6, 6.07) is 2.77. The molecule has 1 amide bonds. The summed E-state index contributed by atoms with van der Waals surface area (Å²) < 4.78 is 23.9. The summed E-state index contributed by atoms with van der Waals surface area (Å²) in [5, 5.41) is 14.3. The van der Waals surface area contributed by atoms with Gasteiger partial charge in [0.2, 0.25) is 5.58 Å². The topological polar surface area (TPSA) is 75.8 Å². The maximum Gasteiger partial charge on any atom is 0.410 e. The molecule has 0 atom stereocenters. The largest absolute Gasteiger partial charge is 0.502 e. The van der Waals surface area contributed by atoms with E-state index < -0.39 is 17.2 Å². The average Bonchev–Trinajstić information content (AvgIpc) is 3.03. The fourth-order valence-corrected chi connectivity index (χ4v) is 2.94. The number of rotatable bonds is 1. The lowest BCUT2D eigenvalue weighted by Gasteiger charge is -2.32. The van der Waals surface area contributed by atoms with Crippen LogP contribution in [0.4, 0.5) is 9.18 Å². The first-order valence-electron chi connectivity index (χ1n) is 9.01. The number of aromatic hydroxyl groups is 1. The minimum atomic E-state index is -0.732. The summed E-state index contributed by atoms with van der Waals surface area (Å²) in [4.78, 5) is 13.8. The lowest BCUT2D eigenvalue weighted by molar-refractivity contribution is 0.0204. The van der Waals surface area contributed by atoms with Gasteiger partial charge in [0.1, 0.15) is 5.60 Å². The molecule has 0 saturated carbocycles. The van der Waals surface area contributed by atoms with Gasteiger partial charge < -0.3 is 19.3 Å². The van der Waals surface area contributed by atoms with Crippen molar-refractivity contribution in [2.45, 2.75) is 59.0 Å². The molecular weight excluding hydrogens is 339 g/mol. The molecule has 1 aromatic heterocycles. The number of phenols is 1. The zero-order chi connectivity index (χ0) is 19.5. The SMILES string of the molecule is CC.CC(C)(C)OC(=O)N1CCC(c2noc3c(O)c(F)ccc23)CC1. The van der Waals surface area contributed by atoms with Crippen molar-refractivity contribution in [3.8, 4) is 5.75 Å². The highest BCUT2D eigenvalue weighted by atomic mass is 19.1. The summed E-state index contributed by atoms with van der Waals surface area (Å²) in [5.74, 6) is -1.16. The van der Waals surface area contributed by atoms with Gasteiger partial charge in [0, 0.05) is 24.4 Å². The minimum absolute atomic E-state index is 0.0690. The summed E-state index contributed by atoms with van der Waals surface area (Å²) >= 11 is 0. The van der Waals surface area contributed by atoms with Crippen molar-refractivity contribution in [3.63, 3.8) is 0 Å². The van der Waals surface area contributed by atoms with Gasteiger partial charge in [0.15, 0.2) is 11.6 Å². The van der Waals surface area contributed by atoms with Crippen LogP contribution in [0.2, 0.25) is 0 Å². The molecule has 0 spiro atoms. The highest BCUT2D eigenvalue weighted by molar-refractivity contribution is 5.85. The van der Waals surface area contributed by atoms with E-state index in [0.717, 1.165) is 0 Å². The molecule has 7 heteroatoms. The molecule has 1 N–H and O–H groups in total. The summed E-state index contributed by atoms with van der Waals surface area (Å²) in [7, 11) is 0. The number of aromatic nitrogens is 1. The van der Waals surface area contributed by atoms with Gasteiger partial charge in [-0.3, -0.25) is 0 Å². The van der Waals surface area contributed by atoms with Gasteiger partial charge in [-0.1, -0.05) is 19.0 Å². The molecule has 3 rings (SSSR count). The molecule has 2 aromatic rings. The van der Waals surface area contributed by atoms with E-state index in [1.165, 1.54) is 6.07 Å². The summed E-state index contributed by atoms with van der Waals surface area (Å²) in [6.45, 7) is 10.6. The fourth-order valence-electron chi connectivity index (χ4n) is 2.94. The number of benzene rings is 1. The number of carbonyl (C=O) groups excluding carboxylic acids is 1. The number of halogens is 1. The lowest BCUT2D eigenvalue weighted by atomic mass is 9.92. The van der Waals surface area contributed by atoms with E-state index in [9.17, 15) is 14.3 Å². The second-order valence-electron chi connectivity index (χ2n) is 7.08. The number of hydrogen-bond donors (Lipinski definition) is 1. The number of hydrogen-bond acceptors (Lipinski definition) is 5. The molecule has 1 fully saturated rings. The molecular formula is C19H27FN2O4. The number of piperidine rings is 1. The quantitative estimate of drug-likeness (QED) is 0.783. The molecule has 1 aliphatic rings. The molecule has 144 valence electrons. The Labute approximate surface area is 152 Å². The van der Waals surface area contributed by atoms with Crippen LogP contribution in [-0.2, 0) is 4.74 Å². The molecule has 0 unspecified atom stereocenters. The van der Waals surface area contributed by atoms with E-state index in [4.69, 9.17) is 9.26 Å². The van der Waals surface area contributed by atoms with E-state index in [1.54, 1.807) is 11.0 Å². The van der Waals surface area contributed by atoms with Crippen LogP contribution in [0.5, 0.6) is 5.75 Å². The van der Waals surface area contributed by atoms with Crippen LogP contribution >= 0.6 is 0 Å². The normalized spacial score (nSPS) is 15.5. The van der Waals surface area contributed by atoms with Crippen LogP contribution in [0.1, 0.15) is 59.1 Å². The number of likely N-dealkylation sites (tertiary alicyclic amines) is 1. The Morgan fingerprint density at radius 2 is 1.92 bits per heavy atom. The summed E-state index contributed by atoms with van der Waals surface area (Å²) in [6.07, 6.45) is 1.10. The van der Waals surface area contributed by atoms with Gasteiger partial charge in [-0.2, -0.15) is 0 Å². The van der Waals surface area contributed by atoms with Gasteiger partial charge in [-0.05, 0) is 45.7 Å². The van der Waals surface area contributed by atoms with Crippen molar-refractivity contribution in [3.05, 3.63) is 23.6 Å².